The van der Waals surface area contributed by atoms with Crippen LogP contribution in [0.25, 0.3) is 0 Å². The molecule has 0 unspecified atom stereocenters. The maximum Gasteiger partial charge on any atom is 0.212 e. The van der Waals surface area contributed by atoms with Gasteiger partial charge in [0, 0.05) is 12.6 Å². The summed E-state index contributed by atoms with van der Waals surface area (Å²) < 4.78 is 12.4. The van der Waals surface area contributed by atoms with Crippen molar-refractivity contribution in [2.45, 2.75) is 24.9 Å². The molecular formula is C9H10FNO. The van der Waals surface area contributed by atoms with Gasteiger partial charge in [0.25, 0.3) is 0 Å². The Morgan fingerprint density at radius 3 is 2.75 bits per heavy atom. The minimum absolute atomic E-state index is 0.471. The van der Waals surface area contributed by atoms with Crippen LogP contribution >= 0.6 is 0 Å². The number of hydrogen-bond donors (Lipinski definition) is 1. The number of halogens is 1. The van der Waals surface area contributed by atoms with Crippen molar-refractivity contribution in [3.05, 3.63) is 29.8 Å². The Labute approximate surface area is 70.1 Å². The topological polar surface area (TPSA) is 33.1 Å². The van der Waals surface area contributed by atoms with Crippen LogP contribution in [0.3, 0.4) is 0 Å². The monoisotopic (exact) mass is 167 g/mol. The Balaban J connectivity index is 2.08. The van der Waals surface area contributed by atoms with Crippen LogP contribution < -0.4 is 0 Å². The lowest BCUT2D eigenvalue weighted by Gasteiger charge is -2.05. The van der Waals surface area contributed by atoms with Crippen LogP contribution in [0.15, 0.2) is 18.3 Å². The van der Waals surface area contributed by atoms with Gasteiger partial charge in [0.15, 0.2) is 0 Å². The molecule has 1 saturated carbocycles. The third-order valence-corrected chi connectivity index (χ3v) is 2.15. The SMILES string of the molecule is OC1(Cc2ccc(F)nc2)CC1. The maximum atomic E-state index is 12.4. The first-order chi connectivity index (χ1) is 5.68. The molecule has 0 aliphatic heterocycles. The standard InChI is InChI=1S/C9H10FNO/c10-8-2-1-7(6-11-8)5-9(12)3-4-9/h1-2,6,12H,3-5H2. The molecule has 0 aromatic carbocycles. The zero-order valence-corrected chi connectivity index (χ0v) is 6.63. The van der Waals surface area contributed by atoms with Crippen molar-refractivity contribution in [1.82, 2.24) is 4.98 Å². The fraction of sp³-hybridized carbons (Fsp3) is 0.444. The minimum Gasteiger partial charge on any atom is -0.390 e. The molecule has 0 amide bonds. The van der Waals surface area contributed by atoms with Crippen molar-refractivity contribution in [2.75, 3.05) is 0 Å². The van der Waals surface area contributed by atoms with Crippen molar-refractivity contribution in [3.63, 3.8) is 0 Å². The number of aliphatic hydroxyl groups is 1. The third kappa shape index (κ3) is 1.61. The van der Waals surface area contributed by atoms with Crippen LogP contribution in [-0.4, -0.2) is 15.7 Å². The van der Waals surface area contributed by atoms with Crippen LogP contribution in [0.2, 0.25) is 0 Å². The van der Waals surface area contributed by atoms with E-state index in [1.807, 2.05) is 0 Å². The van der Waals surface area contributed by atoms with E-state index in [9.17, 15) is 9.50 Å². The van der Waals surface area contributed by atoms with Gasteiger partial charge in [-0.3, -0.25) is 0 Å². The van der Waals surface area contributed by atoms with Crippen molar-refractivity contribution in [1.29, 1.82) is 0 Å². The molecule has 12 heavy (non-hydrogen) atoms. The van der Waals surface area contributed by atoms with E-state index in [1.54, 1.807) is 6.07 Å². The van der Waals surface area contributed by atoms with Crippen LogP contribution in [0, 0.1) is 5.95 Å². The molecule has 1 fully saturated rings. The summed E-state index contributed by atoms with van der Waals surface area (Å²) in [6.45, 7) is 0. The van der Waals surface area contributed by atoms with Crippen LogP contribution in [0.4, 0.5) is 4.39 Å². The molecule has 0 saturated heterocycles. The minimum atomic E-state index is -0.514. The number of pyridine rings is 1. The Morgan fingerprint density at radius 1 is 1.50 bits per heavy atom. The average molecular weight is 167 g/mol. The Kier molecular flexibility index (Phi) is 1.61. The Hall–Kier alpha value is -0.960. The second-order valence-electron chi connectivity index (χ2n) is 3.39. The summed E-state index contributed by atoms with van der Waals surface area (Å²) in [4.78, 5) is 3.51. The van der Waals surface area contributed by atoms with E-state index >= 15 is 0 Å². The van der Waals surface area contributed by atoms with Crippen LogP contribution in [-0.2, 0) is 6.42 Å². The molecule has 0 atom stereocenters. The van der Waals surface area contributed by atoms with Gasteiger partial charge in [-0.1, -0.05) is 6.07 Å². The summed E-state index contributed by atoms with van der Waals surface area (Å²) in [6.07, 6.45) is 3.78. The van der Waals surface area contributed by atoms with Gasteiger partial charge in [-0.05, 0) is 24.5 Å². The van der Waals surface area contributed by atoms with Gasteiger partial charge in [0.2, 0.25) is 5.95 Å². The number of aromatic nitrogens is 1. The van der Waals surface area contributed by atoms with Crippen LogP contribution in [0.5, 0.6) is 0 Å². The Morgan fingerprint density at radius 2 is 2.25 bits per heavy atom. The molecule has 0 radical (unpaired) electrons. The molecule has 3 heteroatoms. The largest absolute Gasteiger partial charge is 0.390 e. The van der Waals surface area contributed by atoms with Gasteiger partial charge >= 0.3 is 0 Å². The van der Waals surface area contributed by atoms with Gasteiger partial charge in [0.05, 0.1) is 5.60 Å². The highest BCUT2D eigenvalue weighted by Crippen LogP contribution is 2.37. The fourth-order valence-corrected chi connectivity index (χ4v) is 1.21. The van der Waals surface area contributed by atoms with Crippen molar-refractivity contribution < 1.29 is 9.50 Å². The second-order valence-corrected chi connectivity index (χ2v) is 3.39. The predicted octanol–water partition coefficient (Wildman–Crippen LogP) is 1.29. The summed E-state index contributed by atoms with van der Waals surface area (Å²) in [7, 11) is 0. The van der Waals surface area contributed by atoms with Gasteiger partial charge in [-0.2, -0.15) is 4.39 Å². The van der Waals surface area contributed by atoms with Gasteiger partial charge in [0.1, 0.15) is 0 Å². The highest BCUT2D eigenvalue weighted by Gasteiger charge is 2.40. The zero-order valence-electron chi connectivity index (χ0n) is 6.63. The summed E-state index contributed by atoms with van der Waals surface area (Å²) in [5.74, 6) is -0.471. The summed E-state index contributed by atoms with van der Waals surface area (Å²) in [5, 5.41) is 9.53. The summed E-state index contributed by atoms with van der Waals surface area (Å²) in [5.41, 5.74) is 0.385. The number of nitrogens with zero attached hydrogens (tertiary/aromatic N) is 1. The van der Waals surface area contributed by atoms with Crippen molar-refractivity contribution in [2.24, 2.45) is 0 Å². The van der Waals surface area contributed by atoms with E-state index in [0.717, 1.165) is 18.4 Å². The number of hydrogen-bond acceptors (Lipinski definition) is 2. The lowest BCUT2D eigenvalue weighted by Crippen LogP contribution is -2.10. The maximum absolute atomic E-state index is 12.4. The highest BCUT2D eigenvalue weighted by atomic mass is 19.1. The molecule has 1 aliphatic carbocycles. The van der Waals surface area contributed by atoms with Gasteiger partial charge < -0.3 is 5.11 Å². The molecule has 0 bridgehead atoms. The first-order valence-electron chi connectivity index (χ1n) is 4.01. The van der Waals surface area contributed by atoms with Crippen molar-refractivity contribution in [3.8, 4) is 0 Å². The van der Waals surface area contributed by atoms with Crippen LogP contribution in [0.1, 0.15) is 18.4 Å². The fourth-order valence-electron chi connectivity index (χ4n) is 1.21. The van der Waals surface area contributed by atoms with E-state index < -0.39 is 11.5 Å². The third-order valence-electron chi connectivity index (χ3n) is 2.15. The highest BCUT2D eigenvalue weighted by molar-refractivity contribution is 5.15. The van der Waals surface area contributed by atoms with Crippen molar-refractivity contribution >= 4 is 0 Å². The summed E-state index contributed by atoms with van der Waals surface area (Å²) in [6, 6.07) is 2.99. The zero-order chi connectivity index (χ0) is 8.60. The van der Waals surface area contributed by atoms with E-state index in [4.69, 9.17) is 0 Å². The normalized spacial score (nSPS) is 19.2. The molecule has 2 nitrogen and oxygen atoms in total. The summed E-state index contributed by atoms with van der Waals surface area (Å²) >= 11 is 0. The van der Waals surface area contributed by atoms with Gasteiger partial charge in [-0.25, -0.2) is 4.98 Å². The second kappa shape index (κ2) is 2.52. The molecule has 1 aromatic rings. The molecule has 64 valence electrons. The quantitative estimate of drug-likeness (QED) is 0.673. The molecule has 1 aliphatic rings. The van der Waals surface area contributed by atoms with E-state index in [1.165, 1.54) is 12.3 Å². The Bertz CT molecular complexity index is 279. The first kappa shape index (κ1) is 7.68. The average Bonchev–Trinajstić information content (AvgIpc) is 2.74. The molecule has 1 aromatic heterocycles. The number of rotatable bonds is 2. The first-order valence-corrected chi connectivity index (χ1v) is 4.01. The predicted molar refractivity (Wildman–Crippen MR) is 42.1 cm³/mol. The lowest BCUT2D eigenvalue weighted by atomic mass is 10.1. The molecule has 2 rings (SSSR count). The van der Waals surface area contributed by atoms with Gasteiger partial charge in [-0.15, -0.1) is 0 Å². The molecule has 1 N–H and O–H groups in total. The molecular weight excluding hydrogens is 157 g/mol. The molecule has 0 spiro atoms. The smallest absolute Gasteiger partial charge is 0.212 e. The lowest BCUT2D eigenvalue weighted by molar-refractivity contribution is 0.151. The molecule has 1 heterocycles. The van der Waals surface area contributed by atoms with E-state index in [0.29, 0.717) is 6.42 Å². The van der Waals surface area contributed by atoms with E-state index in [-0.39, 0.29) is 0 Å². The van der Waals surface area contributed by atoms with E-state index in [2.05, 4.69) is 4.98 Å².